The number of fused-ring (bicyclic) bond motifs is 1. The normalized spacial score (nSPS) is 16.1. The fourth-order valence-electron chi connectivity index (χ4n) is 2.96. The molecule has 1 aliphatic rings. The number of hydrogen-bond donors (Lipinski definition) is 4. The molecule has 5 N–H and O–H groups in total. The van der Waals surface area contributed by atoms with Crippen LogP contribution in [0.1, 0.15) is 36.1 Å². The van der Waals surface area contributed by atoms with Crippen LogP contribution in [-0.4, -0.2) is 51.8 Å². The molecule has 0 amide bonds. The zero-order chi connectivity index (χ0) is 16.9. The predicted molar refractivity (Wildman–Crippen MR) is 106 cm³/mol. The van der Waals surface area contributed by atoms with E-state index in [1.165, 1.54) is 10.4 Å². The number of aliphatic carboxylic acids is 1. The molecule has 0 fully saturated rings. The van der Waals surface area contributed by atoms with Crippen LogP contribution in [-0.2, 0) is 17.8 Å². The summed E-state index contributed by atoms with van der Waals surface area (Å²) in [6.45, 7) is 2.48. The first-order valence-corrected chi connectivity index (χ1v) is 8.95. The lowest BCUT2D eigenvalue weighted by Crippen LogP contribution is -2.50. The quantitative estimate of drug-likeness (QED) is 0.363. The number of carbonyl (C=O) groups is 1. The van der Waals surface area contributed by atoms with Gasteiger partial charge in [0.05, 0.1) is 0 Å². The van der Waals surface area contributed by atoms with E-state index >= 15 is 0 Å². The Morgan fingerprint density at radius 1 is 1.32 bits per heavy atom. The summed E-state index contributed by atoms with van der Waals surface area (Å²) >= 11 is 1.79. The standard InChI is InChI=1S/C15H25BN2O4S.2ClH/c17-15(14(19)20,5-1-2-7-16(21)22)6-9-18-8-3-13-12(11-18)4-10-23-13;;/h4,10,21-22H,1-3,5-9,11,17H2,(H,19,20);2*1H. The number of nitrogens with zero attached hydrogens (tertiary/aromatic N) is 1. The van der Waals surface area contributed by atoms with Gasteiger partial charge in [0.25, 0.3) is 0 Å². The van der Waals surface area contributed by atoms with E-state index in [2.05, 4.69) is 16.3 Å². The molecule has 1 atom stereocenters. The lowest BCUT2D eigenvalue weighted by molar-refractivity contribution is -0.144. The second-order valence-corrected chi connectivity index (χ2v) is 7.33. The van der Waals surface area contributed by atoms with Gasteiger partial charge in [0.1, 0.15) is 5.54 Å². The van der Waals surface area contributed by atoms with Crippen molar-refractivity contribution < 1.29 is 19.9 Å². The second kappa shape index (κ2) is 11.4. The molecule has 1 aliphatic heterocycles. The first-order valence-electron chi connectivity index (χ1n) is 8.07. The second-order valence-electron chi connectivity index (χ2n) is 6.33. The minimum atomic E-state index is -1.33. The summed E-state index contributed by atoms with van der Waals surface area (Å²) in [4.78, 5) is 15.2. The molecule has 0 saturated carbocycles. The van der Waals surface area contributed by atoms with Gasteiger partial charge in [-0.15, -0.1) is 36.2 Å². The van der Waals surface area contributed by atoms with Gasteiger partial charge in [0, 0.05) is 24.5 Å². The zero-order valence-corrected chi connectivity index (χ0v) is 16.5. The average Bonchev–Trinajstić information content (AvgIpc) is 2.97. The third-order valence-electron chi connectivity index (χ3n) is 4.52. The third kappa shape index (κ3) is 7.42. The molecule has 144 valence electrons. The van der Waals surface area contributed by atoms with Gasteiger partial charge in [-0.25, -0.2) is 0 Å². The van der Waals surface area contributed by atoms with Gasteiger partial charge in [-0.1, -0.05) is 12.8 Å². The number of nitrogens with two attached hydrogens (primary N) is 1. The minimum Gasteiger partial charge on any atom is -0.480 e. The fraction of sp³-hybridized carbons (Fsp3) is 0.667. The molecule has 2 rings (SSSR count). The maximum absolute atomic E-state index is 11.5. The number of carboxylic acids is 1. The van der Waals surface area contributed by atoms with Crippen molar-refractivity contribution in [3.63, 3.8) is 0 Å². The number of thiophene rings is 1. The summed E-state index contributed by atoms with van der Waals surface area (Å²) in [5.41, 5.74) is 6.20. The summed E-state index contributed by atoms with van der Waals surface area (Å²) in [5.74, 6) is -0.977. The van der Waals surface area contributed by atoms with E-state index in [-0.39, 0.29) is 31.1 Å². The van der Waals surface area contributed by atoms with E-state index in [9.17, 15) is 9.90 Å². The molecule has 25 heavy (non-hydrogen) atoms. The van der Waals surface area contributed by atoms with Crippen LogP contribution in [0.4, 0.5) is 0 Å². The van der Waals surface area contributed by atoms with E-state index in [4.69, 9.17) is 15.8 Å². The molecule has 0 aliphatic carbocycles. The van der Waals surface area contributed by atoms with Crippen LogP contribution in [0.3, 0.4) is 0 Å². The van der Waals surface area contributed by atoms with Crippen molar-refractivity contribution in [3.8, 4) is 0 Å². The highest BCUT2D eigenvalue weighted by atomic mass is 35.5. The van der Waals surface area contributed by atoms with Crippen LogP contribution < -0.4 is 5.73 Å². The van der Waals surface area contributed by atoms with Crippen molar-refractivity contribution in [2.45, 2.75) is 50.5 Å². The Balaban J connectivity index is 0.00000288. The van der Waals surface area contributed by atoms with E-state index in [0.29, 0.717) is 32.2 Å². The number of hydrogen-bond acceptors (Lipinski definition) is 6. The maximum atomic E-state index is 11.5. The van der Waals surface area contributed by atoms with Crippen molar-refractivity contribution in [3.05, 3.63) is 21.9 Å². The Hall–Kier alpha value is -0.345. The third-order valence-corrected chi connectivity index (χ3v) is 5.55. The van der Waals surface area contributed by atoms with Gasteiger partial charge >= 0.3 is 13.1 Å². The van der Waals surface area contributed by atoms with Crippen LogP contribution >= 0.6 is 36.2 Å². The predicted octanol–water partition coefficient (Wildman–Crippen LogP) is 1.77. The van der Waals surface area contributed by atoms with Crippen LogP contribution in [0.15, 0.2) is 11.4 Å². The summed E-state index contributed by atoms with van der Waals surface area (Å²) in [6.07, 6.45) is 3.17. The van der Waals surface area contributed by atoms with Crippen molar-refractivity contribution in [2.75, 3.05) is 13.1 Å². The molecule has 6 nitrogen and oxygen atoms in total. The highest BCUT2D eigenvalue weighted by Gasteiger charge is 2.34. The first-order chi connectivity index (χ1) is 10.9. The van der Waals surface area contributed by atoms with Crippen LogP contribution in [0.5, 0.6) is 0 Å². The maximum Gasteiger partial charge on any atom is 0.451 e. The van der Waals surface area contributed by atoms with Gasteiger partial charge < -0.3 is 20.9 Å². The molecule has 2 heterocycles. The van der Waals surface area contributed by atoms with Gasteiger partial charge in [-0.3, -0.25) is 9.69 Å². The average molecular weight is 413 g/mol. The molecule has 0 radical (unpaired) electrons. The number of carboxylic acid groups (broad SMARTS) is 1. The summed E-state index contributed by atoms with van der Waals surface area (Å²) in [7, 11) is -1.33. The Bertz CT molecular complexity index is 535. The van der Waals surface area contributed by atoms with Gasteiger partial charge in [-0.2, -0.15) is 0 Å². The van der Waals surface area contributed by atoms with Crippen molar-refractivity contribution >= 4 is 49.2 Å². The Morgan fingerprint density at radius 3 is 2.68 bits per heavy atom. The molecule has 0 saturated heterocycles. The minimum absolute atomic E-state index is 0. The van der Waals surface area contributed by atoms with E-state index < -0.39 is 18.6 Å². The topological polar surface area (TPSA) is 107 Å². The molecule has 1 aromatic rings. The molecule has 0 aromatic carbocycles. The van der Waals surface area contributed by atoms with Crippen molar-refractivity contribution in [1.82, 2.24) is 4.90 Å². The van der Waals surface area contributed by atoms with Crippen LogP contribution in [0.25, 0.3) is 0 Å². The van der Waals surface area contributed by atoms with Crippen LogP contribution in [0, 0.1) is 0 Å². The molecular formula is C15H27BCl2N2O4S. The summed E-state index contributed by atoms with van der Waals surface area (Å²) in [6, 6.07) is 2.14. The lowest BCUT2D eigenvalue weighted by atomic mass is 9.81. The molecule has 1 unspecified atom stereocenters. The number of rotatable bonds is 9. The summed E-state index contributed by atoms with van der Waals surface area (Å²) < 4.78 is 0. The van der Waals surface area contributed by atoms with Crippen LogP contribution in [0.2, 0.25) is 6.32 Å². The lowest BCUT2D eigenvalue weighted by Gasteiger charge is -2.31. The highest BCUT2D eigenvalue weighted by molar-refractivity contribution is 7.10. The smallest absolute Gasteiger partial charge is 0.451 e. The zero-order valence-electron chi connectivity index (χ0n) is 14.1. The molecule has 10 heteroatoms. The van der Waals surface area contributed by atoms with Crippen molar-refractivity contribution in [1.29, 1.82) is 0 Å². The van der Waals surface area contributed by atoms with E-state index in [1.807, 2.05) is 0 Å². The molecule has 0 spiro atoms. The van der Waals surface area contributed by atoms with E-state index in [0.717, 1.165) is 19.5 Å². The van der Waals surface area contributed by atoms with E-state index in [1.54, 1.807) is 11.3 Å². The molecule has 1 aromatic heterocycles. The monoisotopic (exact) mass is 412 g/mol. The molecular weight excluding hydrogens is 386 g/mol. The van der Waals surface area contributed by atoms with Gasteiger partial charge in [0.2, 0.25) is 0 Å². The SMILES string of the molecule is Cl.Cl.NC(CCCCB(O)O)(CCN1CCc2sccc2C1)C(=O)O. The molecule has 0 bridgehead atoms. The number of halogens is 2. The Kier molecular flexibility index (Phi) is 11.2. The fourth-order valence-corrected chi connectivity index (χ4v) is 3.85. The van der Waals surface area contributed by atoms with Gasteiger partial charge in [-0.05, 0) is 42.6 Å². The first kappa shape index (κ1) is 24.7. The highest BCUT2D eigenvalue weighted by Crippen LogP contribution is 2.25. The Morgan fingerprint density at radius 2 is 2.04 bits per heavy atom. The number of unbranched alkanes of at least 4 members (excludes halogenated alkanes) is 1. The van der Waals surface area contributed by atoms with Crippen molar-refractivity contribution in [2.24, 2.45) is 5.73 Å². The largest absolute Gasteiger partial charge is 0.480 e. The van der Waals surface area contributed by atoms with Gasteiger partial charge in [0.15, 0.2) is 0 Å². The Labute approximate surface area is 165 Å². The summed E-state index contributed by atoms with van der Waals surface area (Å²) in [5, 5.41) is 29.2.